The van der Waals surface area contributed by atoms with Crippen molar-refractivity contribution in [2.75, 3.05) is 0 Å². The molecule has 2 aromatic carbocycles. The van der Waals surface area contributed by atoms with Crippen LogP contribution in [0.25, 0.3) is 16.8 Å². The first kappa shape index (κ1) is 24.6. The molecule has 12 heteroatoms. The Balaban J connectivity index is 1.76. The van der Waals surface area contributed by atoms with Gasteiger partial charge in [0.15, 0.2) is 0 Å². The van der Waals surface area contributed by atoms with Crippen LogP contribution in [0.15, 0.2) is 76.7 Å². The molecule has 0 bridgehead atoms. The van der Waals surface area contributed by atoms with Gasteiger partial charge in [0.2, 0.25) is 5.88 Å². The Kier molecular flexibility index (Phi) is 6.24. The Morgan fingerprint density at radius 1 is 1.03 bits per heavy atom. The molecule has 0 atom stereocenters. The van der Waals surface area contributed by atoms with E-state index in [9.17, 15) is 31.5 Å². The van der Waals surface area contributed by atoms with E-state index in [0.29, 0.717) is 21.7 Å². The lowest BCUT2D eigenvalue weighted by atomic mass is 10.0. The van der Waals surface area contributed by atoms with Crippen molar-refractivity contribution in [3.05, 3.63) is 93.8 Å². The third-order valence-corrected chi connectivity index (χ3v) is 7.31. The zero-order valence-electron chi connectivity index (χ0n) is 18.0. The number of alkyl halides is 3. The monoisotopic (exact) mass is 523 g/mol. The number of nitrogens with zero attached hydrogens (tertiary/aromatic N) is 3. The topological polar surface area (TPSA) is 94.2 Å². The number of sulfone groups is 1. The van der Waals surface area contributed by atoms with Gasteiger partial charge >= 0.3 is 11.2 Å². The van der Waals surface area contributed by atoms with Crippen LogP contribution in [0.2, 0.25) is 5.02 Å². The number of aromatic hydroxyl groups is 1. The van der Waals surface area contributed by atoms with Crippen LogP contribution in [0.4, 0.5) is 13.2 Å². The van der Waals surface area contributed by atoms with Gasteiger partial charge in [0.1, 0.15) is 0 Å². The number of hydrogen-bond donors (Lipinski definition) is 1. The van der Waals surface area contributed by atoms with Crippen molar-refractivity contribution in [1.82, 2.24) is 14.1 Å². The predicted molar refractivity (Wildman–Crippen MR) is 123 cm³/mol. The Morgan fingerprint density at radius 2 is 1.69 bits per heavy atom. The number of imidazole rings is 1. The minimum atomic E-state index is -5.55. The Bertz CT molecular complexity index is 1580. The largest absolute Gasteiger partial charge is 0.501 e. The fourth-order valence-electron chi connectivity index (χ4n) is 3.62. The molecule has 0 saturated heterocycles. The fourth-order valence-corrected chi connectivity index (χ4v) is 4.62. The zero-order valence-corrected chi connectivity index (χ0v) is 19.6. The lowest BCUT2D eigenvalue weighted by molar-refractivity contribution is -0.0436. The molecule has 35 heavy (non-hydrogen) atoms. The molecule has 0 aliphatic rings. The average molecular weight is 524 g/mol. The summed E-state index contributed by atoms with van der Waals surface area (Å²) in [5, 5.41) is 11.1. The van der Waals surface area contributed by atoms with E-state index in [4.69, 9.17) is 11.6 Å². The molecular weight excluding hydrogens is 507 g/mol. The van der Waals surface area contributed by atoms with Crippen LogP contribution in [0.3, 0.4) is 0 Å². The first-order valence-electron chi connectivity index (χ1n) is 10.0. The number of pyridine rings is 1. The lowest BCUT2D eigenvalue weighted by Crippen LogP contribution is -2.25. The van der Waals surface area contributed by atoms with E-state index in [2.05, 4.69) is 4.98 Å². The lowest BCUT2D eigenvalue weighted by Gasteiger charge is -2.11. The fraction of sp³-hybridized carbons (Fsp3) is 0.130. The van der Waals surface area contributed by atoms with Crippen LogP contribution >= 0.6 is 11.6 Å². The van der Waals surface area contributed by atoms with Crippen LogP contribution in [0.5, 0.6) is 5.88 Å². The molecular formula is C23H17ClF3N3O4S. The molecule has 7 nitrogen and oxygen atoms in total. The molecule has 4 aromatic rings. The molecule has 0 saturated carbocycles. The van der Waals surface area contributed by atoms with Crippen LogP contribution in [0, 0.1) is 6.92 Å². The van der Waals surface area contributed by atoms with E-state index in [1.807, 2.05) is 0 Å². The van der Waals surface area contributed by atoms with E-state index >= 15 is 0 Å². The van der Waals surface area contributed by atoms with Gasteiger partial charge in [-0.3, -0.25) is 9.55 Å². The molecule has 0 amide bonds. The number of benzene rings is 2. The SMILES string of the molecule is Cc1c(O)n(-c2ccc(S(=O)(=O)C(F)(F)F)cc2)c(=O)n1Cc1ccncc1-c1ccccc1Cl. The predicted octanol–water partition coefficient (Wildman–Crippen LogP) is 4.71. The van der Waals surface area contributed by atoms with Crippen molar-refractivity contribution in [2.45, 2.75) is 23.9 Å². The first-order valence-corrected chi connectivity index (χ1v) is 11.9. The standard InChI is InChI=1S/C23H17ClF3N3O4S/c1-14-21(31)30(16-6-8-17(9-7-16)35(33,34)23(25,26)27)22(32)29(14)13-15-10-11-28-12-19(15)18-4-2-3-5-20(18)24/h2-12,31H,13H2,1H3. The van der Waals surface area contributed by atoms with Crippen LogP contribution in [0.1, 0.15) is 11.3 Å². The maximum Gasteiger partial charge on any atom is 0.501 e. The summed E-state index contributed by atoms with van der Waals surface area (Å²) in [6.07, 6.45) is 3.15. The second-order valence-electron chi connectivity index (χ2n) is 7.57. The van der Waals surface area contributed by atoms with Gasteiger partial charge in [0.25, 0.3) is 9.84 Å². The highest BCUT2D eigenvalue weighted by Crippen LogP contribution is 2.32. The van der Waals surface area contributed by atoms with Gasteiger partial charge in [-0.15, -0.1) is 0 Å². The molecule has 0 unspecified atom stereocenters. The van der Waals surface area contributed by atoms with E-state index in [-0.39, 0.29) is 17.9 Å². The quantitative estimate of drug-likeness (QED) is 0.409. The van der Waals surface area contributed by atoms with E-state index in [1.165, 1.54) is 11.5 Å². The molecule has 1 N–H and O–H groups in total. The second-order valence-corrected chi connectivity index (χ2v) is 9.92. The summed E-state index contributed by atoms with van der Waals surface area (Å²) in [5.41, 5.74) is -3.88. The smallest absolute Gasteiger partial charge is 0.493 e. The number of hydrogen-bond acceptors (Lipinski definition) is 5. The number of rotatable bonds is 5. The molecule has 0 radical (unpaired) electrons. The van der Waals surface area contributed by atoms with E-state index in [0.717, 1.165) is 28.8 Å². The molecule has 0 aliphatic carbocycles. The normalized spacial score (nSPS) is 12.1. The molecule has 0 fully saturated rings. The summed E-state index contributed by atoms with van der Waals surface area (Å²) >= 11 is 6.32. The van der Waals surface area contributed by atoms with Gasteiger partial charge in [-0.1, -0.05) is 29.8 Å². The van der Waals surface area contributed by atoms with Crippen molar-refractivity contribution in [3.63, 3.8) is 0 Å². The highest BCUT2D eigenvalue weighted by molar-refractivity contribution is 7.92. The average Bonchev–Trinajstić information content (AvgIpc) is 3.02. The summed E-state index contributed by atoms with van der Waals surface area (Å²) in [6, 6.07) is 12.3. The van der Waals surface area contributed by atoms with Gasteiger partial charge in [-0.05, 0) is 48.9 Å². The van der Waals surface area contributed by atoms with Crippen LogP contribution in [-0.2, 0) is 16.4 Å². The Hall–Kier alpha value is -3.57. The molecule has 182 valence electrons. The second kappa shape index (κ2) is 8.90. The third-order valence-electron chi connectivity index (χ3n) is 5.48. The zero-order chi connectivity index (χ0) is 25.5. The molecule has 0 spiro atoms. The van der Waals surface area contributed by atoms with Crippen molar-refractivity contribution in [2.24, 2.45) is 0 Å². The summed E-state index contributed by atoms with van der Waals surface area (Å²) in [6.45, 7) is 1.54. The summed E-state index contributed by atoms with van der Waals surface area (Å²) in [5.74, 6) is -0.435. The van der Waals surface area contributed by atoms with Gasteiger partial charge in [0, 0.05) is 28.5 Å². The van der Waals surface area contributed by atoms with Crippen molar-refractivity contribution < 1.29 is 26.7 Å². The number of halogens is 4. The minimum Gasteiger partial charge on any atom is -0.493 e. The third kappa shape index (κ3) is 4.32. The van der Waals surface area contributed by atoms with Crippen LogP contribution < -0.4 is 5.69 Å². The summed E-state index contributed by atoms with van der Waals surface area (Å²) in [7, 11) is -5.55. The maximum absolute atomic E-state index is 13.2. The van der Waals surface area contributed by atoms with Crippen molar-refractivity contribution >= 4 is 21.4 Å². The van der Waals surface area contributed by atoms with E-state index in [1.54, 1.807) is 42.7 Å². The molecule has 0 aliphatic heterocycles. The van der Waals surface area contributed by atoms with Crippen LogP contribution in [-0.4, -0.2) is 33.2 Å². The highest BCUT2D eigenvalue weighted by Gasteiger charge is 2.46. The Labute approximate surface area is 202 Å². The molecule has 2 aromatic heterocycles. The summed E-state index contributed by atoms with van der Waals surface area (Å²) in [4.78, 5) is 16.4. The number of aromatic nitrogens is 3. The highest BCUT2D eigenvalue weighted by atomic mass is 35.5. The van der Waals surface area contributed by atoms with E-state index < -0.39 is 31.8 Å². The minimum absolute atomic E-state index is 0.00321. The van der Waals surface area contributed by atoms with Crippen molar-refractivity contribution in [3.8, 4) is 22.7 Å². The van der Waals surface area contributed by atoms with Crippen molar-refractivity contribution in [1.29, 1.82) is 0 Å². The van der Waals surface area contributed by atoms with Gasteiger partial charge in [0.05, 0.1) is 22.8 Å². The maximum atomic E-state index is 13.2. The first-order chi connectivity index (χ1) is 16.4. The van der Waals surface area contributed by atoms with Gasteiger partial charge < -0.3 is 5.11 Å². The van der Waals surface area contributed by atoms with Gasteiger partial charge in [-0.2, -0.15) is 13.2 Å². The molecule has 4 rings (SSSR count). The summed E-state index contributed by atoms with van der Waals surface area (Å²) < 4.78 is 63.8. The molecule has 2 heterocycles. The Morgan fingerprint density at radius 3 is 2.31 bits per heavy atom. The van der Waals surface area contributed by atoms with Gasteiger partial charge in [-0.25, -0.2) is 17.8 Å².